The highest BCUT2D eigenvalue weighted by Crippen LogP contribution is 2.17. The summed E-state index contributed by atoms with van der Waals surface area (Å²) in [4.78, 5) is 13.4. The van der Waals surface area contributed by atoms with Crippen molar-refractivity contribution in [2.45, 2.75) is 12.8 Å². The summed E-state index contributed by atoms with van der Waals surface area (Å²) >= 11 is 0. The van der Waals surface area contributed by atoms with Gasteiger partial charge in [0, 0.05) is 19.5 Å². The van der Waals surface area contributed by atoms with Gasteiger partial charge in [-0.25, -0.2) is 4.39 Å². The van der Waals surface area contributed by atoms with Crippen LogP contribution in [0.2, 0.25) is 0 Å². The quantitative estimate of drug-likeness (QED) is 0.853. The molecule has 0 spiro atoms. The van der Waals surface area contributed by atoms with Gasteiger partial charge in [-0.1, -0.05) is 12.1 Å². The molecule has 0 saturated carbocycles. The number of nitrogens with zero attached hydrogens (tertiary/aromatic N) is 1. The van der Waals surface area contributed by atoms with Crippen molar-refractivity contribution in [1.29, 1.82) is 0 Å². The molecule has 0 radical (unpaired) electrons. The Morgan fingerprint density at radius 1 is 1.47 bits per heavy atom. The maximum absolute atomic E-state index is 13.0. The van der Waals surface area contributed by atoms with E-state index in [-0.39, 0.29) is 17.6 Å². The third-order valence-corrected chi connectivity index (χ3v) is 3.19. The van der Waals surface area contributed by atoms with Gasteiger partial charge in [0.1, 0.15) is 5.82 Å². The van der Waals surface area contributed by atoms with E-state index in [0.717, 1.165) is 12.1 Å². The van der Waals surface area contributed by atoms with Crippen LogP contribution in [0.3, 0.4) is 0 Å². The van der Waals surface area contributed by atoms with Crippen LogP contribution in [-0.4, -0.2) is 30.4 Å². The van der Waals surface area contributed by atoms with Gasteiger partial charge in [0.15, 0.2) is 0 Å². The Labute approximate surface area is 100 Å². The molecule has 1 saturated heterocycles. The van der Waals surface area contributed by atoms with E-state index in [2.05, 4.69) is 0 Å². The molecule has 1 atom stereocenters. The SMILES string of the molecule is NCC1CC(=O)N(CCc2cccc(F)c2)C1. The Bertz CT molecular complexity index is 408. The van der Waals surface area contributed by atoms with Crippen LogP contribution in [0, 0.1) is 11.7 Å². The van der Waals surface area contributed by atoms with E-state index in [1.807, 2.05) is 11.0 Å². The van der Waals surface area contributed by atoms with Gasteiger partial charge < -0.3 is 10.6 Å². The lowest BCUT2D eigenvalue weighted by Gasteiger charge is -2.16. The van der Waals surface area contributed by atoms with E-state index in [1.165, 1.54) is 12.1 Å². The largest absolute Gasteiger partial charge is 0.342 e. The average Bonchev–Trinajstić information content (AvgIpc) is 2.68. The third kappa shape index (κ3) is 3.03. The Balaban J connectivity index is 1.88. The van der Waals surface area contributed by atoms with Gasteiger partial charge in [0.05, 0.1) is 0 Å². The summed E-state index contributed by atoms with van der Waals surface area (Å²) < 4.78 is 13.0. The molecule has 0 aliphatic carbocycles. The normalized spacial score (nSPS) is 20.0. The van der Waals surface area contributed by atoms with Crippen molar-refractivity contribution in [3.05, 3.63) is 35.6 Å². The van der Waals surface area contributed by atoms with E-state index in [9.17, 15) is 9.18 Å². The fourth-order valence-corrected chi connectivity index (χ4v) is 2.18. The lowest BCUT2D eigenvalue weighted by atomic mass is 10.1. The maximum atomic E-state index is 13.0. The van der Waals surface area contributed by atoms with E-state index in [1.54, 1.807) is 6.07 Å². The Hall–Kier alpha value is -1.42. The first-order chi connectivity index (χ1) is 8.19. The van der Waals surface area contributed by atoms with Crippen molar-refractivity contribution in [3.63, 3.8) is 0 Å². The summed E-state index contributed by atoms with van der Waals surface area (Å²) in [6.07, 6.45) is 1.25. The first kappa shape index (κ1) is 12.0. The van der Waals surface area contributed by atoms with Crippen molar-refractivity contribution in [2.75, 3.05) is 19.6 Å². The minimum atomic E-state index is -0.227. The Kier molecular flexibility index (Phi) is 3.74. The summed E-state index contributed by atoms with van der Waals surface area (Å²) in [5.74, 6) is 0.224. The van der Waals surface area contributed by atoms with E-state index >= 15 is 0 Å². The Morgan fingerprint density at radius 2 is 2.29 bits per heavy atom. The molecule has 4 heteroatoms. The summed E-state index contributed by atoms with van der Waals surface area (Å²) in [5.41, 5.74) is 6.48. The van der Waals surface area contributed by atoms with Crippen LogP contribution in [0.5, 0.6) is 0 Å². The van der Waals surface area contributed by atoms with Crippen molar-refractivity contribution < 1.29 is 9.18 Å². The monoisotopic (exact) mass is 236 g/mol. The molecule has 3 nitrogen and oxygen atoms in total. The van der Waals surface area contributed by atoms with Crippen molar-refractivity contribution in [1.82, 2.24) is 4.90 Å². The number of hydrogen-bond acceptors (Lipinski definition) is 2. The number of hydrogen-bond donors (Lipinski definition) is 1. The van der Waals surface area contributed by atoms with E-state index < -0.39 is 0 Å². The van der Waals surface area contributed by atoms with Crippen LogP contribution in [0.1, 0.15) is 12.0 Å². The highest BCUT2D eigenvalue weighted by atomic mass is 19.1. The molecule has 1 aromatic rings. The minimum absolute atomic E-state index is 0.164. The molecule has 92 valence electrons. The molecule has 1 unspecified atom stereocenters. The smallest absolute Gasteiger partial charge is 0.222 e. The first-order valence-corrected chi connectivity index (χ1v) is 5.91. The molecular formula is C13H17FN2O. The number of amides is 1. The number of nitrogens with two attached hydrogens (primary N) is 1. The number of halogens is 1. The highest BCUT2D eigenvalue weighted by molar-refractivity contribution is 5.78. The maximum Gasteiger partial charge on any atom is 0.222 e. The predicted octanol–water partition coefficient (Wildman–Crippen LogP) is 1.18. The summed E-state index contributed by atoms with van der Waals surface area (Å²) in [6, 6.07) is 6.51. The second kappa shape index (κ2) is 5.27. The zero-order valence-electron chi connectivity index (χ0n) is 9.73. The molecule has 1 amide bonds. The van der Waals surface area contributed by atoms with Gasteiger partial charge in [0.25, 0.3) is 0 Å². The average molecular weight is 236 g/mol. The fourth-order valence-electron chi connectivity index (χ4n) is 2.18. The molecular weight excluding hydrogens is 219 g/mol. The number of benzene rings is 1. The molecule has 1 aliphatic rings. The molecule has 1 aliphatic heterocycles. The number of likely N-dealkylation sites (tertiary alicyclic amines) is 1. The van der Waals surface area contributed by atoms with Crippen molar-refractivity contribution in [3.8, 4) is 0 Å². The zero-order chi connectivity index (χ0) is 12.3. The fraction of sp³-hybridized carbons (Fsp3) is 0.462. The summed E-state index contributed by atoms with van der Waals surface area (Å²) in [5, 5.41) is 0. The van der Waals surface area contributed by atoms with Gasteiger partial charge >= 0.3 is 0 Å². The van der Waals surface area contributed by atoms with Crippen LogP contribution >= 0.6 is 0 Å². The first-order valence-electron chi connectivity index (χ1n) is 5.91. The van der Waals surface area contributed by atoms with Gasteiger partial charge in [-0.15, -0.1) is 0 Å². The van der Waals surface area contributed by atoms with Crippen LogP contribution < -0.4 is 5.73 Å². The second-order valence-electron chi connectivity index (χ2n) is 4.53. The Morgan fingerprint density at radius 3 is 2.94 bits per heavy atom. The van der Waals surface area contributed by atoms with Gasteiger partial charge in [-0.3, -0.25) is 4.79 Å². The molecule has 2 rings (SSSR count). The highest BCUT2D eigenvalue weighted by Gasteiger charge is 2.27. The summed E-state index contributed by atoms with van der Waals surface area (Å²) in [7, 11) is 0. The molecule has 17 heavy (non-hydrogen) atoms. The molecule has 1 aromatic carbocycles. The van der Waals surface area contributed by atoms with E-state index in [0.29, 0.717) is 25.9 Å². The minimum Gasteiger partial charge on any atom is -0.342 e. The number of carbonyl (C=O) groups excluding carboxylic acids is 1. The van der Waals surface area contributed by atoms with Gasteiger partial charge in [-0.2, -0.15) is 0 Å². The van der Waals surface area contributed by atoms with Crippen LogP contribution in [0.25, 0.3) is 0 Å². The summed E-state index contributed by atoms with van der Waals surface area (Å²) in [6.45, 7) is 1.95. The topological polar surface area (TPSA) is 46.3 Å². The standard InChI is InChI=1S/C13H17FN2O/c14-12-3-1-2-10(6-12)4-5-16-9-11(8-15)7-13(16)17/h1-3,6,11H,4-5,7-9,15H2. The number of carbonyl (C=O) groups is 1. The molecule has 1 fully saturated rings. The lowest BCUT2D eigenvalue weighted by molar-refractivity contribution is -0.127. The zero-order valence-corrected chi connectivity index (χ0v) is 9.73. The van der Waals surface area contributed by atoms with Gasteiger partial charge in [0.2, 0.25) is 5.91 Å². The number of rotatable bonds is 4. The molecule has 1 heterocycles. The second-order valence-corrected chi connectivity index (χ2v) is 4.53. The van der Waals surface area contributed by atoms with Crippen LogP contribution in [0.15, 0.2) is 24.3 Å². The van der Waals surface area contributed by atoms with Crippen molar-refractivity contribution in [2.24, 2.45) is 11.7 Å². The van der Waals surface area contributed by atoms with E-state index in [4.69, 9.17) is 5.73 Å². The molecule has 0 bridgehead atoms. The third-order valence-electron chi connectivity index (χ3n) is 3.19. The van der Waals surface area contributed by atoms with Gasteiger partial charge in [-0.05, 0) is 36.6 Å². The molecule has 0 aromatic heterocycles. The molecule has 2 N–H and O–H groups in total. The van der Waals surface area contributed by atoms with Crippen LogP contribution in [-0.2, 0) is 11.2 Å². The lowest BCUT2D eigenvalue weighted by Crippen LogP contribution is -2.28. The van der Waals surface area contributed by atoms with Crippen molar-refractivity contribution >= 4 is 5.91 Å². The predicted molar refractivity (Wildman–Crippen MR) is 63.8 cm³/mol. The van der Waals surface area contributed by atoms with Crippen LogP contribution in [0.4, 0.5) is 4.39 Å².